The van der Waals surface area contributed by atoms with E-state index in [9.17, 15) is 4.79 Å². The normalized spacial score (nSPS) is 10.2. The molecule has 0 aliphatic rings. The molecule has 0 aliphatic carbocycles. The Hall–Kier alpha value is -2.23. The van der Waals surface area contributed by atoms with E-state index in [1.54, 1.807) is 0 Å². The second kappa shape index (κ2) is 4.74. The second-order valence-corrected chi connectivity index (χ2v) is 3.62. The summed E-state index contributed by atoms with van der Waals surface area (Å²) in [6.07, 6.45) is 2.43. The van der Waals surface area contributed by atoms with E-state index in [0.29, 0.717) is 5.82 Å². The molecule has 0 amide bonds. The number of aryl methyl sites for hydroxylation is 1. The first-order valence-corrected chi connectivity index (χ1v) is 5.36. The Labute approximate surface area is 99.0 Å². The molecule has 2 aromatic rings. The SMILES string of the molecule is CCc1ccc(-c2nccc(C(=O)O)n2)cc1. The molecule has 4 heteroatoms. The number of rotatable bonds is 3. The van der Waals surface area contributed by atoms with E-state index in [4.69, 9.17) is 5.11 Å². The van der Waals surface area contributed by atoms with Crippen molar-refractivity contribution in [3.63, 3.8) is 0 Å². The zero-order valence-electron chi connectivity index (χ0n) is 9.42. The van der Waals surface area contributed by atoms with Gasteiger partial charge in [-0.15, -0.1) is 0 Å². The number of nitrogens with zero attached hydrogens (tertiary/aromatic N) is 2. The van der Waals surface area contributed by atoms with Crippen LogP contribution in [0.3, 0.4) is 0 Å². The lowest BCUT2D eigenvalue weighted by molar-refractivity contribution is 0.0690. The van der Waals surface area contributed by atoms with Crippen molar-refractivity contribution >= 4 is 5.97 Å². The fourth-order valence-corrected chi connectivity index (χ4v) is 1.51. The zero-order valence-corrected chi connectivity index (χ0v) is 9.42. The molecule has 0 saturated carbocycles. The maximum absolute atomic E-state index is 10.8. The molecule has 4 nitrogen and oxygen atoms in total. The average molecular weight is 228 g/mol. The van der Waals surface area contributed by atoms with Crippen LogP contribution >= 0.6 is 0 Å². The summed E-state index contributed by atoms with van der Waals surface area (Å²) in [5, 5.41) is 8.85. The van der Waals surface area contributed by atoms with Gasteiger partial charge in [0.2, 0.25) is 0 Å². The third kappa shape index (κ3) is 2.47. The number of carboxylic acids is 1. The average Bonchev–Trinajstić information content (AvgIpc) is 2.39. The van der Waals surface area contributed by atoms with Crippen LogP contribution in [0.1, 0.15) is 23.0 Å². The summed E-state index contributed by atoms with van der Waals surface area (Å²) in [5.41, 5.74) is 2.06. The van der Waals surface area contributed by atoms with Gasteiger partial charge in [-0.05, 0) is 18.1 Å². The van der Waals surface area contributed by atoms with Gasteiger partial charge in [-0.2, -0.15) is 0 Å². The molecule has 0 atom stereocenters. The number of carbonyl (C=O) groups is 1. The van der Waals surface area contributed by atoms with Gasteiger partial charge in [0.05, 0.1) is 0 Å². The quantitative estimate of drug-likeness (QED) is 0.876. The van der Waals surface area contributed by atoms with Crippen LogP contribution in [0.5, 0.6) is 0 Å². The van der Waals surface area contributed by atoms with Crippen molar-refractivity contribution in [3.8, 4) is 11.4 Å². The minimum atomic E-state index is -1.04. The molecule has 1 aromatic heterocycles. The monoisotopic (exact) mass is 228 g/mol. The summed E-state index contributed by atoms with van der Waals surface area (Å²) in [4.78, 5) is 18.9. The molecule has 1 N–H and O–H groups in total. The first-order valence-electron chi connectivity index (χ1n) is 5.36. The smallest absolute Gasteiger partial charge is 0.354 e. The van der Waals surface area contributed by atoms with Gasteiger partial charge in [0.25, 0.3) is 0 Å². The Balaban J connectivity index is 2.38. The summed E-state index contributed by atoms with van der Waals surface area (Å²) < 4.78 is 0. The van der Waals surface area contributed by atoms with Crippen molar-refractivity contribution in [2.75, 3.05) is 0 Å². The van der Waals surface area contributed by atoms with Gasteiger partial charge in [-0.1, -0.05) is 31.2 Å². The van der Waals surface area contributed by atoms with Crippen LogP contribution in [-0.2, 0) is 6.42 Å². The van der Waals surface area contributed by atoms with Crippen molar-refractivity contribution in [1.82, 2.24) is 9.97 Å². The van der Waals surface area contributed by atoms with Crippen LogP contribution in [0, 0.1) is 0 Å². The van der Waals surface area contributed by atoms with E-state index in [1.165, 1.54) is 17.8 Å². The number of hydrogen-bond acceptors (Lipinski definition) is 3. The largest absolute Gasteiger partial charge is 0.477 e. The fourth-order valence-electron chi connectivity index (χ4n) is 1.51. The van der Waals surface area contributed by atoms with Crippen molar-refractivity contribution in [3.05, 3.63) is 47.8 Å². The minimum Gasteiger partial charge on any atom is -0.477 e. The molecule has 0 spiro atoms. The molecule has 0 radical (unpaired) electrons. The van der Waals surface area contributed by atoms with Gasteiger partial charge in [0, 0.05) is 11.8 Å². The third-order valence-corrected chi connectivity index (χ3v) is 2.50. The van der Waals surface area contributed by atoms with E-state index in [0.717, 1.165) is 12.0 Å². The van der Waals surface area contributed by atoms with Crippen molar-refractivity contribution < 1.29 is 9.90 Å². The molecule has 1 aromatic carbocycles. The Kier molecular flexibility index (Phi) is 3.14. The van der Waals surface area contributed by atoms with Crippen LogP contribution < -0.4 is 0 Å². The third-order valence-electron chi connectivity index (χ3n) is 2.50. The first-order chi connectivity index (χ1) is 8.20. The van der Waals surface area contributed by atoms with Crippen LogP contribution in [-0.4, -0.2) is 21.0 Å². The molecule has 0 aliphatic heterocycles. The lowest BCUT2D eigenvalue weighted by Crippen LogP contribution is -2.02. The van der Waals surface area contributed by atoms with Gasteiger partial charge in [0.15, 0.2) is 11.5 Å². The van der Waals surface area contributed by atoms with Gasteiger partial charge in [-0.25, -0.2) is 14.8 Å². The summed E-state index contributed by atoms with van der Waals surface area (Å²) in [6, 6.07) is 9.17. The highest BCUT2D eigenvalue weighted by molar-refractivity contribution is 5.85. The van der Waals surface area contributed by atoms with Crippen molar-refractivity contribution in [1.29, 1.82) is 0 Å². The number of aromatic carboxylic acids is 1. The number of carboxylic acid groups (broad SMARTS) is 1. The summed E-state index contributed by atoms with van der Waals surface area (Å²) in [5.74, 6) is -0.605. The van der Waals surface area contributed by atoms with Gasteiger partial charge in [-0.3, -0.25) is 0 Å². The topological polar surface area (TPSA) is 63.1 Å². The summed E-state index contributed by atoms with van der Waals surface area (Å²) in [6.45, 7) is 2.08. The molecule has 0 bridgehead atoms. The minimum absolute atomic E-state index is 0.00886. The lowest BCUT2D eigenvalue weighted by Gasteiger charge is -2.02. The molecule has 0 fully saturated rings. The van der Waals surface area contributed by atoms with Gasteiger partial charge < -0.3 is 5.11 Å². The number of benzene rings is 1. The van der Waals surface area contributed by atoms with Crippen LogP contribution in [0.15, 0.2) is 36.5 Å². The molecule has 2 rings (SSSR count). The van der Waals surface area contributed by atoms with Gasteiger partial charge in [0.1, 0.15) is 0 Å². The van der Waals surface area contributed by atoms with E-state index in [-0.39, 0.29) is 5.69 Å². The van der Waals surface area contributed by atoms with Crippen LogP contribution in [0.25, 0.3) is 11.4 Å². The molecular formula is C13H12N2O2. The predicted molar refractivity (Wildman–Crippen MR) is 63.8 cm³/mol. The number of aromatic nitrogens is 2. The molecule has 0 unspecified atom stereocenters. The standard InChI is InChI=1S/C13H12N2O2/c1-2-9-3-5-10(6-4-9)12-14-8-7-11(15-12)13(16)17/h3-8H,2H2,1H3,(H,16,17). The highest BCUT2D eigenvalue weighted by Crippen LogP contribution is 2.15. The van der Waals surface area contributed by atoms with Crippen molar-refractivity contribution in [2.24, 2.45) is 0 Å². The predicted octanol–water partition coefficient (Wildman–Crippen LogP) is 2.40. The Morgan fingerprint density at radius 3 is 2.53 bits per heavy atom. The number of hydrogen-bond donors (Lipinski definition) is 1. The van der Waals surface area contributed by atoms with E-state index in [2.05, 4.69) is 16.9 Å². The Bertz CT molecular complexity index is 535. The second-order valence-electron chi connectivity index (χ2n) is 3.62. The summed E-state index contributed by atoms with van der Waals surface area (Å²) in [7, 11) is 0. The van der Waals surface area contributed by atoms with E-state index in [1.807, 2.05) is 24.3 Å². The maximum atomic E-state index is 10.8. The Morgan fingerprint density at radius 1 is 1.24 bits per heavy atom. The molecule has 1 heterocycles. The van der Waals surface area contributed by atoms with Crippen LogP contribution in [0.2, 0.25) is 0 Å². The molecular weight excluding hydrogens is 216 g/mol. The van der Waals surface area contributed by atoms with Crippen molar-refractivity contribution in [2.45, 2.75) is 13.3 Å². The van der Waals surface area contributed by atoms with E-state index >= 15 is 0 Å². The highest BCUT2D eigenvalue weighted by atomic mass is 16.4. The van der Waals surface area contributed by atoms with E-state index < -0.39 is 5.97 Å². The maximum Gasteiger partial charge on any atom is 0.354 e. The van der Waals surface area contributed by atoms with Crippen LogP contribution in [0.4, 0.5) is 0 Å². The molecule has 86 valence electrons. The first kappa shape index (κ1) is 11.3. The zero-order chi connectivity index (χ0) is 12.3. The molecule has 0 saturated heterocycles. The molecule has 17 heavy (non-hydrogen) atoms. The highest BCUT2D eigenvalue weighted by Gasteiger charge is 2.07. The van der Waals surface area contributed by atoms with Gasteiger partial charge >= 0.3 is 5.97 Å². The lowest BCUT2D eigenvalue weighted by atomic mass is 10.1. The summed E-state index contributed by atoms with van der Waals surface area (Å²) >= 11 is 0. The fraction of sp³-hybridized carbons (Fsp3) is 0.154. The Morgan fingerprint density at radius 2 is 1.94 bits per heavy atom.